The summed E-state index contributed by atoms with van der Waals surface area (Å²) in [5, 5.41) is 2.38. The van der Waals surface area contributed by atoms with Crippen molar-refractivity contribution in [1.29, 1.82) is 0 Å². The molecule has 0 aromatic heterocycles. The van der Waals surface area contributed by atoms with Crippen LogP contribution in [-0.2, 0) is 4.79 Å². The van der Waals surface area contributed by atoms with Crippen molar-refractivity contribution in [2.24, 2.45) is 0 Å². The Hall–Kier alpha value is -1.04. The first-order valence-corrected chi connectivity index (χ1v) is 5.28. The number of carbonyl (C=O) groups excluding carboxylic acids is 1. The van der Waals surface area contributed by atoms with Gasteiger partial charge in [0.05, 0.1) is 6.42 Å². The average Bonchev–Trinajstić information content (AvgIpc) is 2.18. The molecule has 0 heterocycles. The second-order valence-corrected chi connectivity index (χ2v) is 4.09. The minimum Gasteiger partial charge on any atom is -0.326 e. The Labute approximate surface area is 99.0 Å². The highest BCUT2D eigenvalue weighted by molar-refractivity contribution is 9.10. The number of carbonyl (C=O) groups is 1. The Bertz CT molecular complexity index is 361. The molecule has 0 saturated carbocycles. The predicted molar refractivity (Wildman–Crippen MR) is 58.1 cm³/mol. The largest absolute Gasteiger partial charge is 0.389 e. The molecule has 6 heteroatoms. The molecule has 0 aliphatic rings. The topological polar surface area (TPSA) is 29.1 Å². The van der Waals surface area contributed by atoms with Crippen LogP contribution in [0.1, 0.15) is 12.8 Å². The highest BCUT2D eigenvalue weighted by Gasteiger charge is 2.27. The Morgan fingerprint density at radius 2 is 1.81 bits per heavy atom. The summed E-state index contributed by atoms with van der Waals surface area (Å²) in [4.78, 5) is 11.1. The van der Waals surface area contributed by atoms with Crippen molar-refractivity contribution in [1.82, 2.24) is 0 Å². The molecule has 1 N–H and O–H groups in total. The van der Waals surface area contributed by atoms with Gasteiger partial charge in [0, 0.05) is 16.6 Å². The van der Waals surface area contributed by atoms with Crippen LogP contribution in [0.3, 0.4) is 0 Å². The number of amides is 1. The zero-order chi connectivity index (χ0) is 12.2. The smallest absolute Gasteiger partial charge is 0.326 e. The third kappa shape index (κ3) is 5.16. The van der Waals surface area contributed by atoms with E-state index in [4.69, 9.17) is 0 Å². The van der Waals surface area contributed by atoms with Crippen molar-refractivity contribution in [3.8, 4) is 0 Å². The van der Waals surface area contributed by atoms with Crippen LogP contribution in [0.2, 0.25) is 0 Å². The Morgan fingerprint density at radius 1 is 1.25 bits per heavy atom. The molecule has 1 aromatic carbocycles. The number of hydrogen-bond donors (Lipinski definition) is 1. The highest BCUT2D eigenvalue weighted by atomic mass is 79.9. The van der Waals surface area contributed by atoms with Gasteiger partial charge in [0.2, 0.25) is 5.91 Å². The van der Waals surface area contributed by atoms with Crippen molar-refractivity contribution in [3.05, 3.63) is 28.7 Å². The van der Waals surface area contributed by atoms with Gasteiger partial charge < -0.3 is 5.32 Å². The molecule has 1 aromatic rings. The maximum Gasteiger partial charge on any atom is 0.389 e. The van der Waals surface area contributed by atoms with Crippen LogP contribution in [0.15, 0.2) is 28.7 Å². The first kappa shape index (κ1) is 13.0. The summed E-state index contributed by atoms with van der Waals surface area (Å²) in [5.74, 6) is -0.639. The van der Waals surface area contributed by atoms with E-state index in [9.17, 15) is 18.0 Å². The van der Waals surface area contributed by atoms with Crippen LogP contribution >= 0.6 is 15.9 Å². The number of hydrogen-bond acceptors (Lipinski definition) is 1. The summed E-state index contributed by atoms with van der Waals surface area (Å²) >= 11 is 3.21. The Morgan fingerprint density at radius 3 is 2.31 bits per heavy atom. The summed E-state index contributed by atoms with van der Waals surface area (Å²) in [7, 11) is 0. The Kier molecular flexibility index (Phi) is 4.35. The lowest BCUT2D eigenvalue weighted by Gasteiger charge is -2.07. The van der Waals surface area contributed by atoms with E-state index in [1.807, 2.05) is 0 Å². The van der Waals surface area contributed by atoms with Gasteiger partial charge in [0.25, 0.3) is 0 Å². The van der Waals surface area contributed by atoms with Crippen molar-refractivity contribution in [3.63, 3.8) is 0 Å². The zero-order valence-corrected chi connectivity index (χ0v) is 9.73. The van der Waals surface area contributed by atoms with Gasteiger partial charge in [-0.15, -0.1) is 0 Å². The van der Waals surface area contributed by atoms with E-state index in [1.54, 1.807) is 24.3 Å². The minimum absolute atomic E-state index is 0.482. The zero-order valence-electron chi connectivity index (χ0n) is 8.14. The number of rotatable bonds is 3. The molecule has 0 aliphatic heterocycles. The van der Waals surface area contributed by atoms with Crippen LogP contribution in [0, 0.1) is 0 Å². The van der Waals surface area contributed by atoms with Gasteiger partial charge in [-0.1, -0.05) is 15.9 Å². The molecule has 0 fully saturated rings. The third-order valence-corrected chi connectivity index (χ3v) is 2.29. The van der Waals surface area contributed by atoms with E-state index in [1.165, 1.54) is 0 Å². The molecule has 2 nitrogen and oxygen atoms in total. The fraction of sp³-hybridized carbons (Fsp3) is 0.300. The van der Waals surface area contributed by atoms with Crippen molar-refractivity contribution in [2.45, 2.75) is 19.0 Å². The number of alkyl halides is 3. The molecule has 0 atom stereocenters. The Balaban J connectivity index is 2.43. The second-order valence-electron chi connectivity index (χ2n) is 3.17. The summed E-state index contributed by atoms with van der Waals surface area (Å²) in [6, 6.07) is 6.60. The number of anilines is 1. The lowest BCUT2D eigenvalue weighted by Crippen LogP contribution is -2.16. The van der Waals surface area contributed by atoms with E-state index >= 15 is 0 Å². The predicted octanol–water partition coefficient (Wildman–Crippen LogP) is 3.73. The lowest BCUT2D eigenvalue weighted by atomic mass is 10.2. The molecule has 0 spiro atoms. The average molecular weight is 296 g/mol. The van der Waals surface area contributed by atoms with Gasteiger partial charge in [-0.3, -0.25) is 4.79 Å². The van der Waals surface area contributed by atoms with Crippen LogP contribution in [0.4, 0.5) is 18.9 Å². The van der Waals surface area contributed by atoms with Crippen molar-refractivity contribution >= 4 is 27.5 Å². The number of halogens is 4. The normalized spacial score (nSPS) is 11.2. The van der Waals surface area contributed by atoms with Gasteiger partial charge in [-0.05, 0) is 24.3 Å². The van der Waals surface area contributed by atoms with Gasteiger partial charge >= 0.3 is 6.18 Å². The van der Waals surface area contributed by atoms with E-state index in [-0.39, 0.29) is 0 Å². The number of nitrogens with one attached hydrogen (secondary N) is 1. The lowest BCUT2D eigenvalue weighted by molar-refractivity contribution is -0.142. The quantitative estimate of drug-likeness (QED) is 0.904. The standard InChI is InChI=1S/C10H9BrF3NO/c11-7-1-3-8(4-2-7)15-9(16)5-6-10(12,13)14/h1-4H,5-6H2,(H,15,16). The van der Waals surface area contributed by atoms with E-state index < -0.39 is 24.9 Å². The minimum atomic E-state index is -4.29. The molecular formula is C10H9BrF3NO. The molecule has 0 unspecified atom stereocenters. The van der Waals surface area contributed by atoms with Gasteiger partial charge in [-0.2, -0.15) is 13.2 Å². The first-order chi connectivity index (χ1) is 7.37. The van der Waals surface area contributed by atoms with Crippen molar-refractivity contribution < 1.29 is 18.0 Å². The van der Waals surface area contributed by atoms with E-state index in [0.29, 0.717) is 5.69 Å². The number of benzene rings is 1. The van der Waals surface area contributed by atoms with Gasteiger partial charge in [0.1, 0.15) is 0 Å². The summed E-state index contributed by atoms with van der Waals surface area (Å²) in [5.41, 5.74) is 0.482. The fourth-order valence-electron chi connectivity index (χ4n) is 1.01. The molecule has 1 rings (SSSR count). The monoisotopic (exact) mass is 295 g/mol. The molecule has 88 valence electrons. The SMILES string of the molecule is O=C(CCC(F)(F)F)Nc1ccc(Br)cc1. The summed E-state index contributed by atoms with van der Waals surface area (Å²) in [6.07, 6.45) is -5.95. The molecular weight excluding hydrogens is 287 g/mol. The van der Waals surface area contributed by atoms with E-state index in [0.717, 1.165) is 4.47 Å². The molecule has 0 radical (unpaired) electrons. The molecule has 1 amide bonds. The highest BCUT2D eigenvalue weighted by Crippen LogP contribution is 2.21. The fourth-order valence-corrected chi connectivity index (χ4v) is 1.28. The maximum absolute atomic E-state index is 11.8. The second kappa shape index (κ2) is 5.34. The van der Waals surface area contributed by atoms with Crippen LogP contribution in [-0.4, -0.2) is 12.1 Å². The summed E-state index contributed by atoms with van der Waals surface area (Å²) < 4.78 is 36.3. The first-order valence-electron chi connectivity index (χ1n) is 4.49. The summed E-state index contributed by atoms with van der Waals surface area (Å²) in [6.45, 7) is 0. The molecule has 0 saturated heterocycles. The van der Waals surface area contributed by atoms with Crippen LogP contribution in [0.5, 0.6) is 0 Å². The van der Waals surface area contributed by atoms with Gasteiger partial charge in [-0.25, -0.2) is 0 Å². The molecule has 0 aliphatic carbocycles. The van der Waals surface area contributed by atoms with Gasteiger partial charge in [0.15, 0.2) is 0 Å². The molecule has 16 heavy (non-hydrogen) atoms. The maximum atomic E-state index is 11.8. The van der Waals surface area contributed by atoms with E-state index in [2.05, 4.69) is 21.2 Å². The van der Waals surface area contributed by atoms with Crippen LogP contribution < -0.4 is 5.32 Å². The third-order valence-electron chi connectivity index (χ3n) is 1.76. The molecule has 0 bridgehead atoms. The van der Waals surface area contributed by atoms with Crippen molar-refractivity contribution in [2.75, 3.05) is 5.32 Å². The van der Waals surface area contributed by atoms with Crippen LogP contribution in [0.25, 0.3) is 0 Å².